The lowest BCUT2D eigenvalue weighted by molar-refractivity contribution is -0.181. The van der Waals surface area contributed by atoms with Crippen LogP contribution in [0.5, 0.6) is 0 Å². The number of pyridine rings is 1. The van der Waals surface area contributed by atoms with Gasteiger partial charge in [-0.3, -0.25) is 9.78 Å². The van der Waals surface area contributed by atoms with E-state index < -0.39 is 23.5 Å². The van der Waals surface area contributed by atoms with E-state index >= 15 is 0 Å². The smallest absolute Gasteiger partial charge is 0.349 e. The first-order valence-corrected chi connectivity index (χ1v) is 12.0. The molecule has 180 valence electrons. The van der Waals surface area contributed by atoms with Crippen molar-refractivity contribution >= 4 is 23.5 Å². The summed E-state index contributed by atoms with van der Waals surface area (Å²) >= 11 is 1.37. The Labute approximate surface area is 196 Å². The molecule has 2 unspecified atom stereocenters. The summed E-state index contributed by atoms with van der Waals surface area (Å²) in [6.07, 6.45) is -1.26. The number of fused-ring (bicyclic) bond motifs is 1. The van der Waals surface area contributed by atoms with Crippen LogP contribution in [0.2, 0.25) is 0 Å². The zero-order valence-corrected chi connectivity index (χ0v) is 20.2. The number of hydrogen-bond acceptors (Lipinski definition) is 4. The summed E-state index contributed by atoms with van der Waals surface area (Å²) in [4.78, 5) is 17.2. The molecule has 1 aromatic heterocycles. The van der Waals surface area contributed by atoms with Crippen molar-refractivity contribution < 1.29 is 22.4 Å². The fourth-order valence-electron chi connectivity index (χ4n) is 3.99. The molecule has 0 saturated heterocycles. The van der Waals surface area contributed by atoms with Crippen LogP contribution in [0.1, 0.15) is 61.3 Å². The van der Waals surface area contributed by atoms with Gasteiger partial charge in [-0.25, -0.2) is 4.39 Å². The van der Waals surface area contributed by atoms with Crippen LogP contribution in [-0.4, -0.2) is 23.3 Å². The van der Waals surface area contributed by atoms with Gasteiger partial charge >= 0.3 is 6.18 Å². The van der Waals surface area contributed by atoms with Gasteiger partial charge in [0.25, 0.3) is 0 Å². The van der Waals surface area contributed by atoms with Gasteiger partial charge in [0.15, 0.2) is 0 Å². The Morgan fingerprint density at radius 1 is 1.24 bits per heavy atom. The number of hydrogen-bond donors (Lipinski definition) is 2. The van der Waals surface area contributed by atoms with E-state index in [1.165, 1.54) is 24.1 Å². The quantitative estimate of drug-likeness (QED) is 0.389. The minimum absolute atomic E-state index is 0.0180. The van der Waals surface area contributed by atoms with Crippen molar-refractivity contribution in [2.24, 2.45) is 5.92 Å². The van der Waals surface area contributed by atoms with Crippen molar-refractivity contribution in [1.82, 2.24) is 10.3 Å². The molecule has 0 bridgehead atoms. The molecular formula is C24H29F4N3OS. The van der Waals surface area contributed by atoms with E-state index in [0.29, 0.717) is 36.2 Å². The molecule has 0 fully saturated rings. The maximum Gasteiger partial charge on any atom is 0.399 e. The van der Waals surface area contributed by atoms with Crippen LogP contribution in [0.15, 0.2) is 24.3 Å². The number of rotatable bonds is 6. The molecule has 2 N–H and O–H groups in total. The van der Waals surface area contributed by atoms with Gasteiger partial charge in [-0.2, -0.15) is 13.2 Å². The monoisotopic (exact) mass is 483 g/mol. The molecule has 0 radical (unpaired) electrons. The number of alkyl halides is 3. The number of amides is 1. The zero-order chi connectivity index (χ0) is 24.6. The standard InChI is InChI=1S/C24H29F4N3OS/c1-13-10-17(18(25)12-20(13)31-33-5)14(2)29-22(32)16-6-8-19-15(11-16)7-9-21(30-19)23(3,4)24(26,27)28/h7,9-10,12,14,16,31H,6,8,11H2,1-5H3,(H,29,32). The Bertz CT molecular complexity index is 1040. The third-order valence-corrected chi connectivity index (χ3v) is 6.79. The Morgan fingerprint density at radius 2 is 1.94 bits per heavy atom. The van der Waals surface area contributed by atoms with Crippen LogP contribution in [0, 0.1) is 18.7 Å². The lowest BCUT2D eigenvalue weighted by Crippen LogP contribution is -2.38. The number of halogens is 4. The molecule has 2 aromatic rings. The third kappa shape index (κ3) is 5.28. The second-order valence-corrected chi connectivity index (χ2v) is 9.70. The topological polar surface area (TPSA) is 54.0 Å². The van der Waals surface area contributed by atoms with Crippen molar-refractivity contribution in [2.45, 2.75) is 64.6 Å². The lowest BCUT2D eigenvalue weighted by atomic mass is 9.83. The number of nitrogens with one attached hydrogen (secondary N) is 2. The first-order valence-electron chi connectivity index (χ1n) is 10.8. The van der Waals surface area contributed by atoms with Crippen LogP contribution >= 0.6 is 11.9 Å². The molecular weight excluding hydrogens is 454 g/mol. The largest absolute Gasteiger partial charge is 0.399 e. The Balaban J connectivity index is 1.71. The lowest BCUT2D eigenvalue weighted by Gasteiger charge is -2.30. The van der Waals surface area contributed by atoms with Gasteiger partial charge in [0.1, 0.15) is 11.2 Å². The molecule has 3 rings (SSSR count). The Hall–Kier alpha value is -2.29. The summed E-state index contributed by atoms with van der Waals surface area (Å²) in [6, 6.07) is 5.68. The van der Waals surface area contributed by atoms with Crippen molar-refractivity contribution in [1.29, 1.82) is 0 Å². The van der Waals surface area contributed by atoms with Crippen molar-refractivity contribution in [3.8, 4) is 0 Å². The average molecular weight is 484 g/mol. The summed E-state index contributed by atoms with van der Waals surface area (Å²) in [5.74, 6) is -0.941. The van der Waals surface area contributed by atoms with Crippen molar-refractivity contribution in [3.63, 3.8) is 0 Å². The molecule has 4 nitrogen and oxygen atoms in total. The predicted molar refractivity (Wildman–Crippen MR) is 124 cm³/mol. The van der Waals surface area contributed by atoms with E-state index in [1.807, 2.05) is 13.2 Å². The fourth-order valence-corrected chi connectivity index (χ4v) is 4.43. The fraction of sp³-hybridized carbons (Fsp3) is 0.500. The molecule has 9 heteroatoms. The Morgan fingerprint density at radius 3 is 2.58 bits per heavy atom. The molecule has 33 heavy (non-hydrogen) atoms. The molecule has 1 amide bonds. The van der Waals surface area contributed by atoms with Crippen LogP contribution < -0.4 is 10.0 Å². The van der Waals surface area contributed by atoms with Crippen molar-refractivity contribution in [3.05, 3.63) is 58.2 Å². The molecule has 0 saturated carbocycles. The van der Waals surface area contributed by atoms with Gasteiger partial charge in [-0.1, -0.05) is 18.0 Å². The number of nitrogens with zero attached hydrogens (tertiary/aromatic N) is 1. The van der Waals surface area contributed by atoms with Crippen LogP contribution in [0.4, 0.5) is 23.2 Å². The average Bonchev–Trinajstić information content (AvgIpc) is 2.74. The Kier molecular flexibility index (Phi) is 7.31. The van der Waals surface area contributed by atoms with Crippen LogP contribution in [0.25, 0.3) is 0 Å². The summed E-state index contributed by atoms with van der Waals surface area (Å²) < 4.78 is 57.8. The van der Waals surface area contributed by atoms with E-state index in [9.17, 15) is 22.4 Å². The molecule has 1 aliphatic rings. The first-order chi connectivity index (χ1) is 15.3. The van der Waals surface area contributed by atoms with Crippen LogP contribution in [-0.2, 0) is 23.1 Å². The minimum atomic E-state index is -4.40. The number of aryl methyl sites for hydroxylation is 2. The van der Waals surface area contributed by atoms with Gasteiger partial charge in [-0.05, 0) is 76.3 Å². The highest BCUT2D eigenvalue weighted by molar-refractivity contribution is 7.99. The molecule has 2 atom stereocenters. The highest BCUT2D eigenvalue weighted by Gasteiger charge is 2.49. The molecule has 1 aromatic carbocycles. The highest BCUT2D eigenvalue weighted by atomic mass is 32.2. The van der Waals surface area contributed by atoms with Gasteiger partial charge < -0.3 is 10.0 Å². The highest BCUT2D eigenvalue weighted by Crippen LogP contribution is 2.40. The third-order valence-electron chi connectivity index (χ3n) is 6.37. The summed E-state index contributed by atoms with van der Waals surface area (Å²) in [5.41, 5.74) is 1.30. The van der Waals surface area contributed by atoms with Gasteiger partial charge in [0.05, 0.1) is 11.7 Å². The second kappa shape index (κ2) is 9.52. The minimum Gasteiger partial charge on any atom is -0.349 e. The summed E-state index contributed by atoms with van der Waals surface area (Å²) in [5, 5.41) is 2.90. The van der Waals surface area contributed by atoms with Gasteiger partial charge in [-0.15, -0.1) is 0 Å². The zero-order valence-electron chi connectivity index (χ0n) is 19.4. The SMILES string of the molecule is CSNc1cc(F)c(C(C)NC(=O)C2CCc3nc(C(C)(C)C(F)(F)F)ccc3C2)cc1C. The van der Waals surface area contributed by atoms with E-state index in [4.69, 9.17) is 0 Å². The van der Waals surface area contributed by atoms with E-state index in [1.54, 1.807) is 19.1 Å². The number of anilines is 1. The second-order valence-electron chi connectivity index (χ2n) is 9.09. The first kappa shape index (κ1) is 25.3. The number of benzene rings is 1. The predicted octanol–water partition coefficient (Wildman–Crippen LogP) is 6.04. The maximum absolute atomic E-state index is 14.6. The molecule has 0 spiro atoms. The normalized spacial score (nSPS) is 17.3. The summed E-state index contributed by atoms with van der Waals surface area (Å²) in [7, 11) is 0. The van der Waals surface area contributed by atoms with Crippen LogP contribution in [0.3, 0.4) is 0 Å². The molecule has 0 aliphatic heterocycles. The van der Waals surface area contributed by atoms with E-state index in [0.717, 1.165) is 25.0 Å². The van der Waals surface area contributed by atoms with Gasteiger partial charge in [0, 0.05) is 29.1 Å². The van der Waals surface area contributed by atoms with Gasteiger partial charge in [0.2, 0.25) is 5.91 Å². The number of carbonyl (C=O) groups is 1. The summed E-state index contributed by atoms with van der Waals surface area (Å²) in [6.45, 7) is 5.84. The number of aromatic nitrogens is 1. The molecule has 1 heterocycles. The van der Waals surface area contributed by atoms with E-state index in [2.05, 4.69) is 15.0 Å². The molecule has 1 aliphatic carbocycles. The van der Waals surface area contributed by atoms with E-state index in [-0.39, 0.29) is 17.5 Å². The number of carbonyl (C=O) groups excluding carboxylic acids is 1. The maximum atomic E-state index is 14.6. The van der Waals surface area contributed by atoms with Crippen molar-refractivity contribution in [2.75, 3.05) is 11.0 Å².